The third kappa shape index (κ3) is 3.46. The first-order chi connectivity index (χ1) is 9.27. The lowest BCUT2D eigenvalue weighted by atomic mass is 10.2. The highest BCUT2D eigenvalue weighted by molar-refractivity contribution is 5.75. The molecule has 1 aromatic rings. The van der Waals surface area contributed by atoms with Gasteiger partial charge in [-0.3, -0.25) is 14.9 Å². The average molecular weight is 284 g/mol. The predicted molar refractivity (Wildman–Crippen MR) is 73.9 cm³/mol. The van der Waals surface area contributed by atoms with E-state index in [9.17, 15) is 14.9 Å². The molecule has 1 heterocycles. The molecule has 8 nitrogen and oxygen atoms in total. The first-order valence-electron chi connectivity index (χ1n) is 6.44. The Morgan fingerprint density at radius 1 is 1.55 bits per heavy atom. The molecule has 0 spiro atoms. The molecule has 0 bridgehead atoms. The van der Waals surface area contributed by atoms with Crippen LogP contribution in [0.25, 0.3) is 0 Å². The molecule has 0 aliphatic rings. The minimum Gasteiger partial charge on any atom is -0.480 e. The minimum atomic E-state index is -1.03. The van der Waals surface area contributed by atoms with Crippen LogP contribution in [0.4, 0.5) is 11.5 Å². The summed E-state index contributed by atoms with van der Waals surface area (Å²) < 4.78 is 1.39. The van der Waals surface area contributed by atoms with Gasteiger partial charge in [0.15, 0.2) is 0 Å². The van der Waals surface area contributed by atoms with Gasteiger partial charge in [-0.15, -0.1) is 0 Å². The van der Waals surface area contributed by atoms with Crippen LogP contribution >= 0.6 is 0 Å². The van der Waals surface area contributed by atoms with Gasteiger partial charge in [-0.25, -0.2) is 4.68 Å². The van der Waals surface area contributed by atoms with Gasteiger partial charge in [0.2, 0.25) is 5.82 Å². The van der Waals surface area contributed by atoms with Gasteiger partial charge < -0.3 is 10.0 Å². The maximum Gasteiger partial charge on any atom is 0.334 e. The number of aliphatic carboxylic acids is 1. The molecular weight excluding hydrogens is 264 g/mol. The molecule has 0 saturated carbocycles. The van der Waals surface area contributed by atoms with Crippen molar-refractivity contribution in [2.75, 3.05) is 18.0 Å². The van der Waals surface area contributed by atoms with Crippen molar-refractivity contribution in [2.24, 2.45) is 13.0 Å². The van der Waals surface area contributed by atoms with E-state index < -0.39 is 10.9 Å². The summed E-state index contributed by atoms with van der Waals surface area (Å²) in [5.41, 5.74) is 0.267. The third-order valence-electron chi connectivity index (χ3n) is 2.79. The number of hydrogen-bond acceptors (Lipinski definition) is 5. The number of carboxylic acid groups (broad SMARTS) is 1. The Labute approximate surface area is 117 Å². The highest BCUT2D eigenvalue weighted by Gasteiger charge is 2.30. The molecule has 0 aromatic carbocycles. The topological polar surface area (TPSA) is 102 Å². The Morgan fingerprint density at radius 2 is 2.15 bits per heavy atom. The van der Waals surface area contributed by atoms with Gasteiger partial charge in [-0.05, 0) is 12.3 Å². The first kappa shape index (κ1) is 15.9. The average Bonchev–Trinajstić information content (AvgIpc) is 2.63. The number of hydrogen-bond donors (Lipinski definition) is 1. The van der Waals surface area contributed by atoms with Crippen molar-refractivity contribution in [1.29, 1.82) is 0 Å². The fraction of sp³-hybridized carbons (Fsp3) is 0.667. The van der Waals surface area contributed by atoms with Gasteiger partial charge in [0.05, 0.1) is 4.92 Å². The molecule has 0 atom stereocenters. The van der Waals surface area contributed by atoms with Crippen LogP contribution in [0.1, 0.15) is 26.5 Å². The Morgan fingerprint density at radius 3 is 2.55 bits per heavy atom. The molecule has 1 N–H and O–H groups in total. The van der Waals surface area contributed by atoms with E-state index in [1.807, 2.05) is 13.8 Å². The lowest BCUT2D eigenvalue weighted by Crippen LogP contribution is -2.34. The zero-order chi connectivity index (χ0) is 15.4. The summed E-state index contributed by atoms with van der Waals surface area (Å²) >= 11 is 0. The zero-order valence-corrected chi connectivity index (χ0v) is 12.2. The van der Waals surface area contributed by atoms with E-state index in [0.29, 0.717) is 18.7 Å². The van der Waals surface area contributed by atoms with Crippen molar-refractivity contribution in [1.82, 2.24) is 9.78 Å². The van der Waals surface area contributed by atoms with Gasteiger partial charge >= 0.3 is 11.7 Å². The van der Waals surface area contributed by atoms with Gasteiger partial charge in [0, 0.05) is 13.6 Å². The Kier molecular flexibility index (Phi) is 5.06. The van der Waals surface area contributed by atoms with Gasteiger partial charge in [0.1, 0.15) is 12.2 Å². The molecular formula is C12H20N4O4. The fourth-order valence-corrected chi connectivity index (χ4v) is 2.17. The van der Waals surface area contributed by atoms with Gasteiger partial charge in [0.25, 0.3) is 0 Å². The number of aromatic nitrogens is 2. The fourth-order valence-electron chi connectivity index (χ4n) is 2.17. The number of rotatable bonds is 7. The van der Waals surface area contributed by atoms with Crippen LogP contribution in [0.3, 0.4) is 0 Å². The lowest BCUT2D eigenvalue weighted by molar-refractivity contribution is -0.384. The summed E-state index contributed by atoms with van der Waals surface area (Å²) in [5, 5.41) is 24.4. The van der Waals surface area contributed by atoms with Crippen LogP contribution in [0.5, 0.6) is 0 Å². The van der Waals surface area contributed by atoms with Crippen LogP contribution in [-0.4, -0.2) is 38.9 Å². The summed E-state index contributed by atoms with van der Waals surface area (Å²) in [7, 11) is 1.59. The Balaban J connectivity index is 3.34. The molecule has 0 fully saturated rings. The van der Waals surface area contributed by atoms with E-state index in [4.69, 9.17) is 5.11 Å². The van der Waals surface area contributed by atoms with Crippen molar-refractivity contribution >= 4 is 17.5 Å². The molecule has 8 heteroatoms. The van der Waals surface area contributed by atoms with Crippen LogP contribution < -0.4 is 4.90 Å². The second-order valence-electron chi connectivity index (χ2n) is 5.02. The van der Waals surface area contributed by atoms with E-state index in [1.54, 1.807) is 14.0 Å². The molecule has 20 heavy (non-hydrogen) atoms. The number of carbonyl (C=O) groups is 1. The summed E-state index contributed by atoms with van der Waals surface area (Å²) in [6.45, 7) is 5.76. The monoisotopic (exact) mass is 284 g/mol. The second-order valence-corrected chi connectivity index (χ2v) is 5.02. The quantitative estimate of drug-likeness (QED) is 0.600. The number of nitrogens with zero attached hydrogens (tertiary/aromatic N) is 4. The molecule has 1 rings (SSSR count). The molecule has 0 aliphatic carbocycles. The summed E-state index contributed by atoms with van der Waals surface area (Å²) in [5.74, 6) is -0.601. The highest BCUT2D eigenvalue weighted by Crippen LogP contribution is 2.32. The van der Waals surface area contributed by atoms with Gasteiger partial charge in [-0.2, -0.15) is 5.10 Å². The molecule has 1 aromatic heterocycles. The highest BCUT2D eigenvalue weighted by atomic mass is 16.6. The Hall–Kier alpha value is -2.12. The molecule has 0 aliphatic heterocycles. The van der Waals surface area contributed by atoms with Gasteiger partial charge in [-0.1, -0.05) is 20.8 Å². The SMILES string of the molecule is CCc1nn(C)c(N(CC(=O)O)CC(C)C)c1[N+](=O)[O-]. The zero-order valence-electron chi connectivity index (χ0n) is 12.2. The minimum absolute atomic E-state index is 0.100. The van der Waals surface area contributed by atoms with Crippen LogP contribution in [0.15, 0.2) is 0 Å². The maximum atomic E-state index is 11.3. The summed E-state index contributed by atoms with van der Waals surface area (Å²) in [4.78, 5) is 23.3. The van der Waals surface area contributed by atoms with E-state index >= 15 is 0 Å². The molecule has 0 radical (unpaired) electrons. The number of carboxylic acids is 1. The third-order valence-corrected chi connectivity index (χ3v) is 2.79. The normalized spacial score (nSPS) is 10.8. The smallest absolute Gasteiger partial charge is 0.334 e. The van der Waals surface area contributed by atoms with E-state index in [1.165, 1.54) is 9.58 Å². The summed E-state index contributed by atoms with van der Waals surface area (Å²) in [6, 6.07) is 0. The van der Waals surface area contributed by atoms with Crippen molar-refractivity contribution in [3.63, 3.8) is 0 Å². The number of anilines is 1. The number of nitro groups is 1. The molecule has 112 valence electrons. The van der Waals surface area contributed by atoms with Crippen LogP contribution in [0.2, 0.25) is 0 Å². The second kappa shape index (κ2) is 6.36. The van der Waals surface area contributed by atoms with E-state index in [0.717, 1.165) is 0 Å². The first-order valence-corrected chi connectivity index (χ1v) is 6.44. The molecule has 0 unspecified atom stereocenters. The summed E-state index contributed by atoms with van der Waals surface area (Å²) in [6.07, 6.45) is 0.423. The maximum absolute atomic E-state index is 11.3. The van der Waals surface area contributed by atoms with E-state index in [-0.39, 0.29) is 24.0 Å². The Bertz CT molecular complexity index is 510. The molecule has 0 saturated heterocycles. The van der Waals surface area contributed by atoms with Crippen LogP contribution in [-0.2, 0) is 18.3 Å². The largest absolute Gasteiger partial charge is 0.480 e. The number of aryl methyl sites for hydroxylation is 2. The molecule has 0 amide bonds. The predicted octanol–water partition coefficient (Wildman–Crippen LogP) is 1.44. The van der Waals surface area contributed by atoms with Crippen molar-refractivity contribution in [3.8, 4) is 0 Å². The standard InChI is InChI=1S/C12H20N4O4/c1-5-9-11(16(19)20)12(14(4)13-9)15(6-8(2)3)7-10(17)18/h8H,5-7H2,1-4H3,(H,17,18). The van der Waals surface area contributed by atoms with Crippen molar-refractivity contribution in [2.45, 2.75) is 27.2 Å². The van der Waals surface area contributed by atoms with Crippen molar-refractivity contribution in [3.05, 3.63) is 15.8 Å². The van der Waals surface area contributed by atoms with Crippen LogP contribution in [0, 0.1) is 16.0 Å². The lowest BCUT2D eigenvalue weighted by Gasteiger charge is -2.23. The van der Waals surface area contributed by atoms with E-state index in [2.05, 4.69) is 5.10 Å². The van der Waals surface area contributed by atoms with Crippen molar-refractivity contribution < 1.29 is 14.8 Å².